The van der Waals surface area contributed by atoms with Gasteiger partial charge in [-0.3, -0.25) is 4.79 Å². The van der Waals surface area contributed by atoms with Gasteiger partial charge in [0.15, 0.2) is 0 Å². The molecule has 1 amide bonds. The van der Waals surface area contributed by atoms with E-state index in [0.717, 1.165) is 37.4 Å². The number of benzene rings is 1. The van der Waals surface area contributed by atoms with Gasteiger partial charge in [-0.05, 0) is 43.0 Å². The van der Waals surface area contributed by atoms with Crippen LogP contribution >= 0.6 is 11.8 Å². The third-order valence-corrected chi connectivity index (χ3v) is 4.93. The van der Waals surface area contributed by atoms with Gasteiger partial charge in [0.1, 0.15) is 5.82 Å². The molecule has 0 N–H and O–H groups in total. The monoisotopic (exact) mass is 341 g/mol. The molecule has 4 nitrogen and oxygen atoms in total. The van der Waals surface area contributed by atoms with Gasteiger partial charge >= 0.3 is 0 Å². The molecular formula is C17H24FNO3S. The summed E-state index contributed by atoms with van der Waals surface area (Å²) in [5.74, 6) is 0.829. The summed E-state index contributed by atoms with van der Waals surface area (Å²) in [7, 11) is 1.66. The Morgan fingerprint density at radius 2 is 1.96 bits per heavy atom. The van der Waals surface area contributed by atoms with Crippen molar-refractivity contribution in [2.75, 3.05) is 45.8 Å². The Balaban J connectivity index is 1.64. The normalized spacial score (nSPS) is 15.8. The summed E-state index contributed by atoms with van der Waals surface area (Å²) in [4.78, 5) is 15.1. The summed E-state index contributed by atoms with van der Waals surface area (Å²) >= 11 is 1.45. The minimum Gasteiger partial charge on any atom is -0.382 e. The lowest BCUT2D eigenvalue weighted by atomic mass is 9.98. The van der Waals surface area contributed by atoms with Gasteiger partial charge in [-0.15, -0.1) is 11.8 Å². The van der Waals surface area contributed by atoms with Crippen molar-refractivity contribution >= 4 is 17.7 Å². The third kappa shape index (κ3) is 6.49. The van der Waals surface area contributed by atoms with Crippen LogP contribution in [0.15, 0.2) is 29.2 Å². The average molecular weight is 341 g/mol. The Morgan fingerprint density at radius 3 is 2.61 bits per heavy atom. The highest BCUT2D eigenvalue weighted by Crippen LogP contribution is 2.21. The van der Waals surface area contributed by atoms with E-state index in [1.54, 1.807) is 19.2 Å². The molecule has 0 unspecified atom stereocenters. The minimum atomic E-state index is -0.254. The number of piperidine rings is 1. The van der Waals surface area contributed by atoms with Crippen molar-refractivity contribution in [3.8, 4) is 0 Å². The van der Waals surface area contributed by atoms with E-state index < -0.39 is 0 Å². The Hall–Kier alpha value is -1.11. The van der Waals surface area contributed by atoms with Gasteiger partial charge < -0.3 is 14.4 Å². The molecule has 23 heavy (non-hydrogen) atoms. The Kier molecular flexibility index (Phi) is 7.85. The van der Waals surface area contributed by atoms with E-state index in [0.29, 0.717) is 24.9 Å². The number of hydrogen-bond donors (Lipinski definition) is 0. The second kappa shape index (κ2) is 9.90. The SMILES string of the molecule is COCCOCC1CCN(C(=O)CSc2ccc(F)cc2)CC1. The maximum atomic E-state index is 12.8. The van der Waals surface area contributed by atoms with Gasteiger partial charge in [0.2, 0.25) is 5.91 Å². The number of halogens is 1. The molecule has 1 saturated heterocycles. The predicted molar refractivity (Wildman–Crippen MR) is 89.1 cm³/mol. The molecule has 0 atom stereocenters. The molecule has 0 bridgehead atoms. The van der Waals surface area contributed by atoms with E-state index >= 15 is 0 Å². The van der Waals surface area contributed by atoms with Gasteiger partial charge in [-0.25, -0.2) is 4.39 Å². The first-order chi connectivity index (χ1) is 11.2. The van der Waals surface area contributed by atoms with Crippen LogP contribution in [0.5, 0.6) is 0 Å². The van der Waals surface area contributed by atoms with Gasteiger partial charge in [0.25, 0.3) is 0 Å². The van der Waals surface area contributed by atoms with Crippen LogP contribution in [0, 0.1) is 11.7 Å². The van der Waals surface area contributed by atoms with E-state index in [9.17, 15) is 9.18 Å². The zero-order chi connectivity index (χ0) is 16.5. The van der Waals surface area contributed by atoms with E-state index in [1.165, 1.54) is 23.9 Å². The number of amides is 1. The molecule has 1 fully saturated rings. The van der Waals surface area contributed by atoms with Crippen LogP contribution in [-0.2, 0) is 14.3 Å². The van der Waals surface area contributed by atoms with Gasteiger partial charge in [0.05, 0.1) is 19.0 Å². The number of thioether (sulfide) groups is 1. The van der Waals surface area contributed by atoms with E-state index in [2.05, 4.69) is 0 Å². The number of ether oxygens (including phenoxy) is 2. The molecule has 0 radical (unpaired) electrons. The lowest BCUT2D eigenvalue weighted by molar-refractivity contribution is -0.130. The van der Waals surface area contributed by atoms with Gasteiger partial charge in [0, 0.05) is 31.7 Å². The third-order valence-electron chi connectivity index (χ3n) is 3.93. The standard InChI is InChI=1S/C17H24FNO3S/c1-21-10-11-22-12-14-6-8-19(9-7-14)17(20)13-23-16-4-2-15(18)3-5-16/h2-5,14H,6-13H2,1H3. The highest BCUT2D eigenvalue weighted by molar-refractivity contribution is 8.00. The second-order valence-electron chi connectivity index (χ2n) is 5.63. The molecule has 6 heteroatoms. The first kappa shape index (κ1) is 18.2. The largest absolute Gasteiger partial charge is 0.382 e. The van der Waals surface area contributed by atoms with Gasteiger partial charge in [-0.1, -0.05) is 0 Å². The fraction of sp³-hybridized carbons (Fsp3) is 0.588. The average Bonchev–Trinajstić information content (AvgIpc) is 2.58. The Labute approximate surface area is 141 Å². The van der Waals surface area contributed by atoms with E-state index in [1.807, 2.05) is 4.90 Å². The smallest absolute Gasteiger partial charge is 0.232 e. The quantitative estimate of drug-likeness (QED) is 0.538. The van der Waals surface area contributed by atoms with Crippen LogP contribution in [0.4, 0.5) is 4.39 Å². The topological polar surface area (TPSA) is 38.8 Å². The Morgan fingerprint density at radius 1 is 1.26 bits per heavy atom. The number of methoxy groups -OCH3 is 1. The van der Waals surface area contributed by atoms with Crippen molar-refractivity contribution in [2.45, 2.75) is 17.7 Å². The number of hydrogen-bond acceptors (Lipinski definition) is 4. The van der Waals surface area contributed by atoms with Crippen molar-refractivity contribution in [2.24, 2.45) is 5.92 Å². The number of rotatable bonds is 8. The van der Waals surface area contributed by atoms with Crippen LogP contribution in [0.2, 0.25) is 0 Å². The van der Waals surface area contributed by atoms with Gasteiger partial charge in [-0.2, -0.15) is 0 Å². The molecular weight excluding hydrogens is 317 g/mol. The summed E-state index contributed by atoms with van der Waals surface area (Å²) in [5, 5.41) is 0. The number of carbonyl (C=O) groups is 1. The Bertz CT molecular complexity index is 475. The van der Waals surface area contributed by atoms with Crippen molar-refractivity contribution in [3.63, 3.8) is 0 Å². The second-order valence-corrected chi connectivity index (χ2v) is 6.68. The van der Waals surface area contributed by atoms with E-state index in [4.69, 9.17) is 9.47 Å². The highest BCUT2D eigenvalue weighted by atomic mass is 32.2. The summed E-state index contributed by atoms with van der Waals surface area (Å²) in [5.41, 5.74) is 0. The lowest BCUT2D eigenvalue weighted by Gasteiger charge is -2.31. The molecule has 1 heterocycles. The number of carbonyl (C=O) groups excluding carboxylic acids is 1. The maximum absolute atomic E-state index is 12.8. The zero-order valence-electron chi connectivity index (χ0n) is 13.5. The maximum Gasteiger partial charge on any atom is 0.232 e. The van der Waals surface area contributed by atoms with E-state index in [-0.39, 0.29) is 11.7 Å². The fourth-order valence-corrected chi connectivity index (χ4v) is 3.31. The van der Waals surface area contributed by atoms with Crippen LogP contribution in [0.3, 0.4) is 0 Å². The van der Waals surface area contributed by atoms with Crippen LogP contribution in [-0.4, -0.2) is 56.6 Å². The van der Waals surface area contributed by atoms with Crippen molar-refractivity contribution in [3.05, 3.63) is 30.1 Å². The summed E-state index contributed by atoms with van der Waals surface area (Å²) in [6.45, 7) is 3.58. The lowest BCUT2D eigenvalue weighted by Crippen LogP contribution is -2.40. The first-order valence-electron chi connectivity index (χ1n) is 7.92. The van der Waals surface area contributed by atoms with Crippen LogP contribution < -0.4 is 0 Å². The van der Waals surface area contributed by atoms with Crippen molar-refractivity contribution < 1.29 is 18.7 Å². The molecule has 128 valence electrons. The van der Waals surface area contributed by atoms with Crippen molar-refractivity contribution in [1.82, 2.24) is 4.90 Å². The molecule has 0 aliphatic carbocycles. The molecule has 1 aliphatic rings. The first-order valence-corrected chi connectivity index (χ1v) is 8.90. The summed E-state index contributed by atoms with van der Waals surface area (Å²) in [6, 6.07) is 6.25. The minimum absolute atomic E-state index is 0.151. The van der Waals surface area contributed by atoms with Crippen LogP contribution in [0.1, 0.15) is 12.8 Å². The molecule has 2 rings (SSSR count). The number of nitrogens with zero attached hydrogens (tertiary/aromatic N) is 1. The molecule has 1 aliphatic heterocycles. The highest BCUT2D eigenvalue weighted by Gasteiger charge is 2.22. The van der Waals surface area contributed by atoms with Crippen LogP contribution in [0.25, 0.3) is 0 Å². The molecule has 0 saturated carbocycles. The molecule has 0 aromatic heterocycles. The molecule has 1 aromatic rings. The number of likely N-dealkylation sites (tertiary alicyclic amines) is 1. The molecule has 0 spiro atoms. The fourth-order valence-electron chi connectivity index (χ4n) is 2.51. The summed E-state index contributed by atoms with van der Waals surface area (Å²) in [6.07, 6.45) is 1.97. The predicted octanol–water partition coefficient (Wildman–Crippen LogP) is 2.82. The summed E-state index contributed by atoms with van der Waals surface area (Å²) < 4.78 is 23.4. The zero-order valence-corrected chi connectivity index (χ0v) is 14.3. The molecule has 1 aromatic carbocycles. The van der Waals surface area contributed by atoms with Crippen molar-refractivity contribution in [1.29, 1.82) is 0 Å².